The van der Waals surface area contributed by atoms with Gasteiger partial charge >= 0.3 is 6.09 Å². The number of hydrogen-bond donors (Lipinski definition) is 1. The van der Waals surface area contributed by atoms with Gasteiger partial charge in [0.25, 0.3) is 0 Å². The maximum atomic E-state index is 12.3. The van der Waals surface area contributed by atoms with Crippen LogP contribution in [0.3, 0.4) is 0 Å². The molecule has 4 aliphatic rings. The third-order valence-electron chi connectivity index (χ3n) is 5.60. The first-order valence-electron chi connectivity index (χ1n) is 10.3. The van der Waals surface area contributed by atoms with Crippen LogP contribution in [-0.2, 0) is 9.47 Å². The number of carbonyl (C=O) groups is 1. The first-order chi connectivity index (χ1) is 13.8. The SMILES string of the molecule is CC(C)(C)OC(=O)N1CCC(c2cnc3cc(N4CCOCC4)n(O)cc2-3)CC1. The lowest BCUT2D eigenvalue weighted by Crippen LogP contribution is -2.41. The molecule has 0 unspecified atom stereocenters. The molecule has 8 heteroatoms. The van der Waals surface area contributed by atoms with Gasteiger partial charge in [-0.05, 0) is 45.1 Å². The minimum Gasteiger partial charge on any atom is -0.444 e. The van der Waals surface area contributed by atoms with Gasteiger partial charge in [0, 0.05) is 44.0 Å². The molecular formula is C21H30N4O4. The second kappa shape index (κ2) is 7.74. The molecule has 2 saturated heterocycles. The van der Waals surface area contributed by atoms with Crippen LogP contribution < -0.4 is 4.90 Å². The molecule has 0 saturated carbocycles. The number of piperidine rings is 1. The molecule has 4 rings (SSSR count). The Morgan fingerprint density at radius 3 is 2.55 bits per heavy atom. The van der Waals surface area contributed by atoms with E-state index in [1.165, 1.54) is 4.73 Å². The van der Waals surface area contributed by atoms with Crippen molar-refractivity contribution in [2.75, 3.05) is 44.3 Å². The van der Waals surface area contributed by atoms with Gasteiger partial charge in [-0.25, -0.2) is 4.79 Å². The summed E-state index contributed by atoms with van der Waals surface area (Å²) in [5, 5.41) is 10.6. The molecule has 0 aromatic carbocycles. The molecular weight excluding hydrogens is 372 g/mol. The molecule has 0 radical (unpaired) electrons. The predicted octanol–water partition coefficient (Wildman–Crippen LogP) is 3.18. The van der Waals surface area contributed by atoms with Crippen LogP contribution in [0, 0.1) is 0 Å². The van der Waals surface area contributed by atoms with Crippen molar-refractivity contribution in [3.8, 4) is 11.3 Å². The summed E-state index contributed by atoms with van der Waals surface area (Å²) in [6, 6.07) is 1.94. The van der Waals surface area contributed by atoms with Gasteiger partial charge in [0.2, 0.25) is 0 Å². The van der Waals surface area contributed by atoms with Crippen LogP contribution in [0.5, 0.6) is 0 Å². The molecule has 158 valence electrons. The van der Waals surface area contributed by atoms with E-state index in [9.17, 15) is 10.0 Å². The quantitative estimate of drug-likeness (QED) is 0.777. The Morgan fingerprint density at radius 1 is 1.21 bits per heavy atom. The van der Waals surface area contributed by atoms with E-state index in [0.717, 1.165) is 48.6 Å². The Hall–Kier alpha value is -2.48. The normalized spacial score (nSPS) is 19.0. The summed E-state index contributed by atoms with van der Waals surface area (Å²) in [5.74, 6) is 1.05. The van der Waals surface area contributed by atoms with Crippen molar-refractivity contribution in [1.29, 1.82) is 0 Å². The highest BCUT2D eigenvalue weighted by Gasteiger charge is 2.30. The van der Waals surface area contributed by atoms with E-state index >= 15 is 0 Å². The second-order valence-corrected chi connectivity index (χ2v) is 8.83. The van der Waals surface area contributed by atoms with Crippen molar-refractivity contribution >= 4 is 11.9 Å². The minimum atomic E-state index is -0.479. The lowest BCUT2D eigenvalue weighted by molar-refractivity contribution is 0.0205. The van der Waals surface area contributed by atoms with Crippen molar-refractivity contribution in [3.63, 3.8) is 0 Å². The maximum absolute atomic E-state index is 12.3. The van der Waals surface area contributed by atoms with Gasteiger partial charge in [0.05, 0.1) is 25.1 Å². The van der Waals surface area contributed by atoms with Gasteiger partial charge in [-0.1, -0.05) is 0 Å². The smallest absolute Gasteiger partial charge is 0.410 e. The Bertz CT molecular complexity index is 830. The molecule has 0 aliphatic carbocycles. The number of morpholine rings is 1. The Morgan fingerprint density at radius 2 is 1.90 bits per heavy atom. The molecule has 8 nitrogen and oxygen atoms in total. The average Bonchev–Trinajstić information content (AvgIpc) is 3.09. The Kier molecular flexibility index (Phi) is 5.29. The lowest BCUT2D eigenvalue weighted by Gasteiger charge is -2.33. The topological polar surface area (TPSA) is 80.1 Å². The van der Waals surface area contributed by atoms with Gasteiger partial charge < -0.3 is 24.5 Å². The summed E-state index contributed by atoms with van der Waals surface area (Å²) >= 11 is 0. The van der Waals surface area contributed by atoms with E-state index in [2.05, 4.69) is 9.88 Å². The van der Waals surface area contributed by atoms with E-state index in [0.29, 0.717) is 32.2 Å². The minimum absolute atomic E-state index is 0.246. The van der Waals surface area contributed by atoms with Gasteiger partial charge in [-0.3, -0.25) is 4.98 Å². The van der Waals surface area contributed by atoms with E-state index in [4.69, 9.17) is 9.47 Å². The largest absolute Gasteiger partial charge is 0.444 e. The van der Waals surface area contributed by atoms with Crippen LogP contribution in [0.4, 0.5) is 10.6 Å². The maximum Gasteiger partial charge on any atom is 0.410 e. The van der Waals surface area contributed by atoms with Gasteiger partial charge in [0.1, 0.15) is 11.4 Å². The first kappa shape index (κ1) is 19.8. The third kappa shape index (κ3) is 4.27. The summed E-state index contributed by atoms with van der Waals surface area (Å²) in [6.07, 6.45) is 5.15. The van der Waals surface area contributed by atoms with Crippen LogP contribution in [0.15, 0.2) is 18.5 Å². The number of anilines is 1. The molecule has 1 amide bonds. The number of aromatic nitrogens is 2. The molecule has 2 fully saturated rings. The lowest BCUT2D eigenvalue weighted by atomic mass is 9.88. The van der Waals surface area contributed by atoms with E-state index < -0.39 is 5.60 Å². The van der Waals surface area contributed by atoms with Gasteiger partial charge in [-0.15, -0.1) is 0 Å². The van der Waals surface area contributed by atoms with Crippen LogP contribution in [-0.4, -0.2) is 70.9 Å². The molecule has 4 aliphatic heterocycles. The molecule has 0 bridgehead atoms. The van der Waals surface area contributed by atoms with Gasteiger partial charge in [-0.2, -0.15) is 4.73 Å². The first-order valence-corrected chi connectivity index (χ1v) is 10.3. The number of amides is 1. The van der Waals surface area contributed by atoms with Crippen LogP contribution in [0.1, 0.15) is 45.1 Å². The molecule has 0 aromatic rings. The monoisotopic (exact) mass is 402 g/mol. The van der Waals surface area contributed by atoms with Crippen LogP contribution in [0.25, 0.3) is 11.3 Å². The fraction of sp³-hybridized carbons (Fsp3) is 0.619. The molecule has 0 aromatic heterocycles. The zero-order valence-electron chi connectivity index (χ0n) is 17.4. The van der Waals surface area contributed by atoms with Crippen molar-refractivity contribution < 1.29 is 19.5 Å². The number of rotatable bonds is 2. The number of fused-ring (bicyclic) bond motifs is 1. The zero-order valence-corrected chi connectivity index (χ0v) is 17.4. The number of nitrogens with zero attached hydrogens (tertiary/aromatic N) is 4. The molecule has 29 heavy (non-hydrogen) atoms. The van der Waals surface area contributed by atoms with Crippen molar-refractivity contribution in [2.24, 2.45) is 0 Å². The second-order valence-electron chi connectivity index (χ2n) is 8.83. The molecule has 4 heterocycles. The summed E-state index contributed by atoms with van der Waals surface area (Å²) < 4.78 is 12.1. The highest BCUT2D eigenvalue weighted by molar-refractivity contribution is 5.70. The Balaban J connectivity index is 1.47. The Labute approximate surface area is 171 Å². The van der Waals surface area contributed by atoms with Crippen LogP contribution >= 0.6 is 0 Å². The summed E-state index contributed by atoms with van der Waals surface area (Å²) in [4.78, 5) is 20.8. The number of hydrogen-bond acceptors (Lipinski definition) is 6. The summed E-state index contributed by atoms with van der Waals surface area (Å²) in [5.41, 5.74) is 2.52. The predicted molar refractivity (Wildman–Crippen MR) is 109 cm³/mol. The van der Waals surface area contributed by atoms with Crippen LogP contribution in [0.2, 0.25) is 0 Å². The molecule has 1 N–H and O–H groups in total. The number of ether oxygens (including phenoxy) is 2. The third-order valence-corrected chi connectivity index (χ3v) is 5.60. The zero-order chi connectivity index (χ0) is 20.6. The summed E-state index contributed by atoms with van der Waals surface area (Å²) in [6.45, 7) is 9.81. The van der Waals surface area contributed by atoms with E-state index in [1.807, 2.05) is 33.0 Å². The van der Waals surface area contributed by atoms with E-state index in [1.54, 1.807) is 11.1 Å². The highest BCUT2D eigenvalue weighted by atomic mass is 16.6. The standard InChI is InChI=1S/C21H30N4O4/c1-21(2,3)29-20(26)24-6-4-15(5-7-24)16-13-22-18-12-19(25(27)14-17(16)18)23-8-10-28-11-9-23/h12-15,27H,4-11H2,1-3H3. The highest BCUT2D eigenvalue weighted by Crippen LogP contribution is 2.38. The van der Waals surface area contributed by atoms with Crippen molar-refractivity contribution in [2.45, 2.75) is 45.1 Å². The number of likely N-dealkylation sites (tertiary alicyclic amines) is 1. The molecule has 0 atom stereocenters. The fourth-order valence-corrected chi connectivity index (χ4v) is 4.11. The van der Waals surface area contributed by atoms with Crippen molar-refractivity contribution in [1.82, 2.24) is 14.6 Å². The fourth-order valence-electron chi connectivity index (χ4n) is 4.11. The van der Waals surface area contributed by atoms with Gasteiger partial charge in [0.15, 0.2) is 0 Å². The average molecular weight is 402 g/mol. The summed E-state index contributed by atoms with van der Waals surface area (Å²) in [7, 11) is 0. The van der Waals surface area contributed by atoms with E-state index in [-0.39, 0.29) is 6.09 Å². The number of carbonyl (C=O) groups excluding carboxylic acids is 1. The number of pyridine rings is 1. The van der Waals surface area contributed by atoms with Crippen molar-refractivity contribution in [3.05, 3.63) is 24.0 Å². The molecule has 0 spiro atoms.